The summed E-state index contributed by atoms with van der Waals surface area (Å²) in [6.07, 6.45) is 56.7. The molecular formula is C55H110NO7P. The molecule has 9 heteroatoms. The molecule has 2 unspecified atom stereocenters. The van der Waals surface area contributed by atoms with Crippen LogP contribution in [0.1, 0.15) is 277 Å². The van der Waals surface area contributed by atoms with Gasteiger partial charge in [0.1, 0.15) is 19.3 Å². The molecule has 0 spiro atoms. The van der Waals surface area contributed by atoms with E-state index in [2.05, 4.69) is 26.0 Å². The molecule has 0 aliphatic carbocycles. The van der Waals surface area contributed by atoms with E-state index in [-0.39, 0.29) is 25.8 Å². The molecule has 0 radical (unpaired) electrons. The fraction of sp³-hybridized carbons (Fsp3) is 0.945. The van der Waals surface area contributed by atoms with Gasteiger partial charge in [-0.2, -0.15) is 0 Å². The molecule has 0 saturated carbocycles. The van der Waals surface area contributed by atoms with Gasteiger partial charge in [-0.15, -0.1) is 0 Å². The van der Waals surface area contributed by atoms with Crippen molar-refractivity contribution in [3.8, 4) is 0 Å². The molecule has 0 bridgehead atoms. The molecule has 0 aliphatic heterocycles. The minimum Gasteiger partial charge on any atom is -0.756 e. The van der Waals surface area contributed by atoms with Crippen LogP contribution in [0, 0.1) is 0 Å². The van der Waals surface area contributed by atoms with E-state index >= 15 is 0 Å². The Kier molecular flexibility index (Phi) is 48.1. The molecule has 0 aromatic carbocycles. The van der Waals surface area contributed by atoms with Crippen molar-refractivity contribution in [2.75, 3.05) is 54.1 Å². The van der Waals surface area contributed by atoms with Gasteiger partial charge in [-0.1, -0.05) is 244 Å². The van der Waals surface area contributed by atoms with Gasteiger partial charge >= 0.3 is 5.97 Å². The first-order valence-electron chi connectivity index (χ1n) is 27.9. The van der Waals surface area contributed by atoms with Gasteiger partial charge in [-0.05, 0) is 38.5 Å². The summed E-state index contributed by atoms with van der Waals surface area (Å²) in [6.45, 7) is 5.48. The van der Waals surface area contributed by atoms with Crippen LogP contribution in [-0.4, -0.2) is 70.7 Å². The number of rotatable bonds is 53. The number of hydrogen-bond acceptors (Lipinski definition) is 7. The first kappa shape index (κ1) is 63.2. The lowest BCUT2D eigenvalue weighted by Crippen LogP contribution is -2.37. The summed E-state index contributed by atoms with van der Waals surface area (Å²) in [4.78, 5) is 25.2. The predicted molar refractivity (Wildman–Crippen MR) is 273 cm³/mol. The molecular weight excluding hydrogens is 818 g/mol. The van der Waals surface area contributed by atoms with Gasteiger partial charge in [-0.25, -0.2) is 0 Å². The third-order valence-electron chi connectivity index (χ3n) is 12.6. The van der Waals surface area contributed by atoms with E-state index < -0.39 is 13.9 Å². The number of nitrogens with zero attached hydrogens (tertiary/aromatic N) is 1. The standard InChI is InChI=1S/C55H110NO7P/c1-6-8-10-12-14-16-18-20-22-24-26-28-30-32-34-36-38-40-42-44-46-48-55(57)63-54(53-62-64(58,59)61-51-49-56(3,4)5)52-60-50-47-45-43-41-39-37-35-33-31-29-27-25-23-21-19-17-15-13-11-9-7-2/h24,26,54H,6-23,25,27-53H2,1-5H3/b26-24-. The summed E-state index contributed by atoms with van der Waals surface area (Å²) >= 11 is 0. The molecule has 0 heterocycles. The number of esters is 1. The number of hydrogen-bond donors (Lipinski definition) is 0. The van der Waals surface area contributed by atoms with Crippen molar-refractivity contribution in [3.05, 3.63) is 12.2 Å². The van der Waals surface area contributed by atoms with Gasteiger partial charge < -0.3 is 27.9 Å². The molecule has 0 fully saturated rings. The predicted octanol–water partition coefficient (Wildman–Crippen LogP) is 16.7. The maximum absolute atomic E-state index is 12.8. The lowest BCUT2D eigenvalue weighted by atomic mass is 10.0. The van der Waals surface area contributed by atoms with Crippen molar-refractivity contribution in [2.45, 2.75) is 283 Å². The number of likely N-dealkylation sites (N-methyl/N-ethyl adjacent to an activating group) is 1. The van der Waals surface area contributed by atoms with Gasteiger partial charge in [0.05, 0.1) is 34.4 Å². The van der Waals surface area contributed by atoms with E-state index in [0.29, 0.717) is 24.1 Å². The van der Waals surface area contributed by atoms with E-state index in [9.17, 15) is 14.3 Å². The fourth-order valence-electron chi connectivity index (χ4n) is 8.25. The Balaban J connectivity index is 4.06. The SMILES string of the molecule is CCCCCCCCCC/C=C\CCCCCCCCCCCC(=O)OC(COCCCCCCCCCCCCCCCCCCCCCCC)COP(=O)([O-])OCC[N+](C)(C)C. The summed E-state index contributed by atoms with van der Waals surface area (Å²) < 4.78 is 34.8. The lowest BCUT2D eigenvalue weighted by Gasteiger charge is -2.28. The quantitative estimate of drug-likeness (QED) is 0.0197. The van der Waals surface area contributed by atoms with Crippen LogP contribution in [0.5, 0.6) is 0 Å². The molecule has 8 nitrogen and oxygen atoms in total. The molecule has 0 saturated heterocycles. The van der Waals surface area contributed by atoms with Gasteiger partial charge in [0.2, 0.25) is 0 Å². The van der Waals surface area contributed by atoms with Crippen LogP contribution in [-0.2, 0) is 27.9 Å². The number of quaternary nitrogens is 1. The molecule has 0 aromatic rings. The second kappa shape index (κ2) is 48.7. The smallest absolute Gasteiger partial charge is 0.306 e. The van der Waals surface area contributed by atoms with E-state index in [4.69, 9.17) is 18.5 Å². The molecule has 64 heavy (non-hydrogen) atoms. The van der Waals surface area contributed by atoms with Crippen LogP contribution in [0.15, 0.2) is 12.2 Å². The molecule has 0 N–H and O–H groups in total. The number of phosphoric acid groups is 1. The molecule has 0 amide bonds. The third-order valence-corrected chi connectivity index (χ3v) is 13.5. The van der Waals surface area contributed by atoms with E-state index in [0.717, 1.165) is 32.1 Å². The number of carbonyl (C=O) groups is 1. The Hall–Kier alpha value is -0.760. The van der Waals surface area contributed by atoms with E-state index in [1.54, 1.807) is 0 Å². The zero-order chi connectivity index (χ0) is 46.9. The van der Waals surface area contributed by atoms with Gasteiger partial charge in [0.25, 0.3) is 7.82 Å². The second-order valence-electron chi connectivity index (χ2n) is 20.3. The summed E-state index contributed by atoms with van der Waals surface area (Å²) in [5, 5.41) is 0. The summed E-state index contributed by atoms with van der Waals surface area (Å²) in [7, 11) is 1.37. The topological polar surface area (TPSA) is 94.1 Å². The van der Waals surface area contributed by atoms with E-state index in [1.165, 1.54) is 225 Å². The van der Waals surface area contributed by atoms with Crippen molar-refractivity contribution in [1.82, 2.24) is 0 Å². The summed E-state index contributed by atoms with van der Waals surface area (Å²) in [6, 6.07) is 0. The lowest BCUT2D eigenvalue weighted by molar-refractivity contribution is -0.870. The van der Waals surface area contributed by atoms with Gasteiger partial charge in [0, 0.05) is 13.0 Å². The number of unbranched alkanes of at least 4 members (excludes halogenated alkanes) is 37. The third kappa shape index (κ3) is 52.2. The van der Waals surface area contributed by atoms with Crippen LogP contribution in [0.4, 0.5) is 0 Å². The Bertz CT molecular complexity index is 1030. The zero-order valence-electron chi connectivity index (χ0n) is 43.5. The molecule has 382 valence electrons. The Morgan fingerprint density at radius 1 is 0.469 bits per heavy atom. The first-order chi connectivity index (χ1) is 31.1. The minimum atomic E-state index is -4.53. The average Bonchev–Trinajstić information content (AvgIpc) is 3.25. The zero-order valence-corrected chi connectivity index (χ0v) is 44.4. The van der Waals surface area contributed by atoms with Gasteiger partial charge in [0.15, 0.2) is 0 Å². The summed E-state index contributed by atoms with van der Waals surface area (Å²) in [5.41, 5.74) is 0. The van der Waals surface area contributed by atoms with Crippen LogP contribution in [0.25, 0.3) is 0 Å². The number of carbonyl (C=O) groups excluding carboxylic acids is 1. The highest BCUT2D eigenvalue weighted by molar-refractivity contribution is 7.45. The molecule has 0 aromatic heterocycles. The van der Waals surface area contributed by atoms with Crippen LogP contribution < -0.4 is 4.89 Å². The largest absolute Gasteiger partial charge is 0.756 e. The van der Waals surface area contributed by atoms with Crippen LogP contribution in [0.2, 0.25) is 0 Å². The Morgan fingerprint density at radius 3 is 1.19 bits per heavy atom. The first-order valence-corrected chi connectivity index (χ1v) is 29.4. The van der Waals surface area contributed by atoms with Crippen LogP contribution >= 0.6 is 7.82 Å². The maximum Gasteiger partial charge on any atom is 0.306 e. The van der Waals surface area contributed by atoms with Crippen molar-refractivity contribution in [2.24, 2.45) is 0 Å². The molecule has 0 rings (SSSR count). The molecule has 0 aliphatic rings. The minimum absolute atomic E-state index is 0.0295. The Labute approximate surface area is 399 Å². The van der Waals surface area contributed by atoms with Crippen molar-refractivity contribution in [1.29, 1.82) is 0 Å². The average molecular weight is 928 g/mol. The number of allylic oxidation sites excluding steroid dienone is 2. The van der Waals surface area contributed by atoms with E-state index in [1.807, 2.05) is 21.1 Å². The van der Waals surface area contributed by atoms with Crippen molar-refractivity contribution < 1.29 is 37.3 Å². The Morgan fingerprint density at radius 2 is 0.812 bits per heavy atom. The summed E-state index contributed by atoms with van der Waals surface area (Å²) in [5.74, 6) is -0.329. The number of phosphoric ester groups is 1. The highest BCUT2D eigenvalue weighted by atomic mass is 31.2. The fourth-order valence-corrected chi connectivity index (χ4v) is 8.98. The normalized spacial score (nSPS) is 13.5. The second-order valence-corrected chi connectivity index (χ2v) is 21.7. The highest BCUT2D eigenvalue weighted by Crippen LogP contribution is 2.38. The van der Waals surface area contributed by atoms with Gasteiger partial charge in [-0.3, -0.25) is 9.36 Å². The van der Waals surface area contributed by atoms with Crippen LogP contribution in [0.3, 0.4) is 0 Å². The maximum atomic E-state index is 12.8. The highest BCUT2D eigenvalue weighted by Gasteiger charge is 2.20. The monoisotopic (exact) mass is 928 g/mol. The molecule has 2 atom stereocenters. The van der Waals surface area contributed by atoms with Crippen molar-refractivity contribution in [3.63, 3.8) is 0 Å². The number of ether oxygens (including phenoxy) is 2. The van der Waals surface area contributed by atoms with Crippen molar-refractivity contribution >= 4 is 13.8 Å².